The average Bonchev–Trinajstić information content (AvgIpc) is 2.86. The number of rotatable bonds is 7. The van der Waals surface area contributed by atoms with Crippen LogP contribution in [-0.4, -0.2) is 12.5 Å². The third-order valence-electron chi connectivity index (χ3n) is 4.69. The van der Waals surface area contributed by atoms with Gasteiger partial charge in [0.15, 0.2) is 0 Å². The largest absolute Gasteiger partial charge is 0.349 e. The smallest absolute Gasteiger partial charge is 0.220 e. The van der Waals surface area contributed by atoms with Gasteiger partial charge in [0.1, 0.15) is 0 Å². The fraction of sp³-hybridized carbons (Fsp3) is 0.611. The van der Waals surface area contributed by atoms with Crippen molar-refractivity contribution in [2.24, 2.45) is 17.6 Å². The predicted octanol–water partition coefficient (Wildman–Crippen LogP) is 3.19. The highest BCUT2D eigenvalue weighted by Crippen LogP contribution is 2.31. The molecule has 1 aromatic carbocycles. The first-order chi connectivity index (χ1) is 10.1. The lowest BCUT2D eigenvalue weighted by atomic mass is 9.88. The minimum absolute atomic E-state index is 0.180. The molecule has 2 rings (SSSR count). The number of nitrogens with two attached hydrogens (primary N) is 1. The van der Waals surface area contributed by atoms with Gasteiger partial charge in [0.25, 0.3) is 0 Å². The van der Waals surface area contributed by atoms with E-state index in [1.165, 1.54) is 11.1 Å². The second-order valence-corrected chi connectivity index (χ2v) is 6.48. The molecule has 0 heterocycles. The minimum Gasteiger partial charge on any atom is -0.349 e. The van der Waals surface area contributed by atoms with E-state index in [4.69, 9.17) is 5.73 Å². The average molecular weight is 288 g/mol. The Morgan fingerprint density at radius 2 is 2.10 bits per heavy atom. The topological polar surface area (TPSA) is 55.1 Å². The fourth-order valence-electron chi connectivity index (χ4n) is 3.32. The minimum atomic E-state index is 0.180. The summed E-state index contributed by atoms with van der Waals surface area (Å²) in [7, 11) is 0. The Hall–Kier alpha value is -1.35. The van der Waals surface area contributed by atoms with Crippen molar-refractivity contribution in [1.82, 2.24) is 5.32 Å². The van der Waals surface area contributed by atoms with Crippen LogP contribution in [0.2, 0.25) is 0 Å². The van der Waals surface area contributed by atoms with E-state index in [9.17, 15) is 4.79 Å². The first kappa shape index (κ1) is 16.0. The van der Waals surface area contributed by atoms with E-state index in [2.05, 4.69) is 43.4 Å². The first-order valence-electron chi connectivity index (χ1n) is 8.19. The van der Waals surface area contributed by atoms with Crippen LogP contribution in [0.25, 0.3) is 0 Å². The molecule has 0 aliphatic heterocycles. The van der Waals surface area contributed by atoms with Crippen molar-refractivity contribution in [2.45, 2.75) is 52.0 Å². The number of nitrogens with one attached hydrogen (secondary N) is 1. The zero-order chi connectivity index (χ0) is 15.2. The molecule has 0 radical (unpaired) electrons. The number of hydrogen-bond donors (Lipinski definition) is 2. The van der Waals surface area contributed by atoms with Crippen LogP contribution in [0.15, 0.2) is 24.3 Å². The summed E-state index contributed by atoms with van der Waals surface area (Å²) in [5.74, 6) is 1.32. The Morgan fingerprint density at radius 3 is 2.81 bits per heavy atom. The van der Waals surface area contributed by atoms with E-state index in [0.717, 1.165) is 25.7 Å². The molecular formula is C18H28N2O. The summed E-state index contributed by atoms with van der Waals surface area (Å²) < 4.78 is 0. The monoisotopic (exact) mass is 288 g/mol. The zero-order valence-electron chi connectivity index (χ0n) is 13.3. The second kappa shape index (κ2) is 7.60. The molecule has 3 heteroatoms. The number of carbonyl (C=O) groups excluding carboxylic acids is 1. The van der Waals surface area contributed by atoms with Crippen LogP contribution in [0.1, 0.15) is 56.7 Å². The Labute approximate surface area is 128 Å². The second-order valence-electron chi connectivity index (χ2n) is 6.48. The lowest BCUT2D eigenvalue weighted by molar-refractivity contribution is -0.122. The molecule has 0 saturated carbocycles. The van der Waals surface area contributed by atoms with Crippen molar-refractivity contribution >= 4 is 5.91 Å². The molecule has 3 N–H and O–H groups in total. The maximum Gasteiger partial charge on any atom is 0.220 e. The molecule has 0 fully saturated rings. The van der Waals surface area contributed by atoms with Gasteiger partial charge in [-0.15, -0.1) is 0 Å². The van der Waals surface area contributed by atoms with Crippen molar-refractivity contribution in [3.63, 3.8) is 0 Å². The molecule has 3 nitrogen and oxygen atoms in total. The van der Waals surface area contributed by atoms with Crippen molar-refractivity contribution in [3.05, 3.63) is 35.4 Å². The summed E-state index contributed by atoms with van der Waals surface area (Å²) >= 11 is 0. The molecule has 21 heavy (non-hydrogen) atoms. The van der Waals surface area contributed by atoms with Crippen LogP contribution >= 0.6 is 0 Å². The Kier molecular flexibility index (Phi) is 5.80. The van der Waals surface area contributed by atoms with Crippen LogP contribution < -0.4 is 11.1 Å². The van der Waals surface area contributed by atoms with Gasteiger partial charge in [-0.3, -0.25) is 4.79 Å². The van der Waals surface area contributed by atoms with E-state index in [0.29, 0.717) is 24.8 Å². The van der Waals surface area contributed by atoms with E-state index >= 15 is 0 Å². The maximum absolute atomic E-state index is 12.2. The summed E-state index contributed by atoms with van der Waals surface area (Å²) in [4.78, 5) is 12.2. The summed E-state index contributed by atoms with van der Waals surface area (Å²) in [6.45, 7) is 5.14. The highest BCUT2D eigenvalue weighted by Gasteiger charge is 2.23. The molecule has 116 valence electrons. The van der Waals surface area contributed by atoms with E-state index in [1.54, 1.807) is 0 Å². The number of hydrogen-bond acceptors (Lipinski definition) is 2. The number of benzene rings is 1. The van der Waals surface area contributed by atoms with Gasteiger partial charge in [-0.1, -0.05) is 38.1 Å². The van der Waals surface area contributed by atoms with Crippen LogP contribution in [0.4, 0.5) is 0 Å². The van der Waals surface area contributed by atoms with Gasteiger partial charge < -0.3 is 11.1 Å². The number of aryl methyl sites for hydroxylation is 1. The van der Waals surface area contributed by atoms with E-state index in [1.807, 2.05) is 0 Å². The third kappa shape index (κ3) is 4.31. The van der Waals surface area contributed by atoms with Crippen LogP contribution in [0.5, 0.6) is 0 Å². The summed E-state index contributed by atoms with van der Waals surface area (Å²) in [5.41, 5.74) is 8.34. The van der Waals surface area contributed by atoms with Crippen molar-refractivity contribution < 1.29 is 4.79 Å². The van der Waals surface area contributed by atoms with Crippen LogP contribution in [0, 0.1) is 11.8 Å². The van der Waals surface area contributed by atoms with E-state index in [-0.39, 0.29) is 11.9 Å². The van der Waals surface area contributed by atoms with Gasteiger partial charge in [0, 0.05) is 6.42 Å². The molecule has 1 aliphatic rings. The van der Waals surface area contributed by atoms with E-state index < -0.39 is 0 Å². The van der Waals surface area contributed by atoms with Gasteiger partial charge in [-0.2, -0.15) is 0 Å². The van der Waals surface area contributed by atoms with Gasteiger partial charge in [-0.25, -0.2) is 0 Å². The van der Waals surface area contributed by atoms with Crippen molar-refractivity contribution in [2.75, 3.05) is 6.54 Å². The maximum atomic E-state index is 12.2. The standard InChI is InChI=1S/C18H28N2O/c1-13(2)14(11-12-19)8-10-18(21)20-17-9-7-15-5-3-4-6-16(15)17/h3-6,13-14,17H,7-12,19H2,1-2H3,(H,20,21). The molecule has 1 aliphatic carbocycles. The molecule has 0 spiro atoms. The Bertz CT molecular complexity index is 470. The van der Waals surface area contributed by atoms with Crippen LogP contribution in [0.3, 0.4) is 0 Å². The SMILES string of the molecule is CC(C)C(CCN)CCC(=O)NC1CCc2ccccc21. The Morgan fingerprint density at radius 1 is 1.33 bits per heavy atom. The van der Waals surface area contributed by atoms with Crippen molar-refractivity contribution in [1.29, 1.82) is 0 Å². The molecular weight excluding hydrogens is 260 g/mol. The molecule has 1 aromatic rings. The lowest BCUT2D eigenvalue weighted by Crippen LogP contribution is -2.28. The van der Waals surface area contributed by atoms with Gasteiger partial charge in [0.2, 0.25) is 5.91 Å². The third-order valence-corrected chi connectivity index (χ3v) is 4.69. The highest BCUT2D eigenvalue weighted by atomic mass is 16.1. The normalized spacial score (nSPS) is 18.6. The van der Waals surface area contributed by atoms with Crippen molar-refractivity contribution in [3.8, 4) is 0 Å². The molecule has 0 aromatic heterocycles. The lowest BCUT2D eigenvalue weighted by Gasteiger charge is -2.20. The number of fused-ring (bicyclic) bond motifs is 1. The molecule has 2 atom stereocenters. The molecule has 1 amide bonds. The quantitative estimate of drug-likeness (QED) is 0.809. The van der Waals surface area contributed by atoms with Gasteiger partial charge in [0.05, 0.1) is 6.04 Å². The highest BCUT2D eigenvalue weighted by molar-refractivity contribution is 5.76. The molecule has 0 bridgehead atoms. The summed E-state index contributed by atoms with van der Waals surface area (Å²) in [6, 6.07) is 8.64. The Balaban J connectivity index is 1.83. The van der Waals surface area contributed by atoms with Gasteiger partial charge in [-0.05, 0) is 55.2 Å². The zero-order valence-corrected chi connectivity index (χ0v) is 13.3. The van der Waals surface area contributed by atoms with Crippen LogP contribution in [-0.2, 0) is 11.2 Å². The number of amides is 1. The summed E-state index contributed by atoms with van der Waals surface area (Å²) in [5, 5.41) is 3.20. The molecule has 2 unspecified atom stereocenters. The first-order valence-corrected chi connectivity index (χ1v) is 8.19. The fourth-order valence-corrected chi connectivity index (χ4v) is 3.32. The summed E-state index contributed by atoms with van der Waals surface area (Å²) in [6.07, 6.45) is 4.66. The van der Waals surface area contributed by atoms with Gasteiger partial charge >= 0.3 is 0 Å². The predicted molar refractivity (Wildman–Crippen MR) is 86.9 cm³/mol. The molecule has 0 saturated heterocycles. The number of carbonyl (C=O) groups is 1.